The highest BCUT2D eigenvalue weighted by Gasteiger charge is 2.09. The van der Waals surface area contributed by atoms with Crippen LogP contribution in [-0.2, 0) is 0 Å². The van der Waals surface area contributed by atoms with Gasteiger partial charge in [-0.25, -0.2) is 9.97 Å². The SMILES string of the molecule is COc1ccc(Nc2cc(Nc3ccccc3Cl)nc(C)n2)c(OC)c1. The number of hydrogen-bond acceptors (Lipinski definition) is 6. The van der Waals surface area contributed by atoms with E-state index in [0.717, 1.165) is 11.4 Å². The Balaban J connectivity index is 1.87. The highest BCUT2D eigenvalue weighted by atomic mass is 35.5. The molecule has 0 unspecified atom stereocenters. The summed E-state index contributed by atoms with van der Waals surface area (Å²) >= 11 is 6.20. The Kier molecular flexibility index (Phi) is 5.43. The smallest absolute Gasteiger partial charge is 0.146 e. The maximum Gasteiger partial charge on any atom is 0.146 e. The fourth-order valence-corrected chi connectivity index (χ4v) is 2.62. The molecule has 0 aliphatic rings. The minimum Gasteiger partial charge on any atom is -0.497 e. The second-order valence-corrected chi connectivity index (χ2v) is 5.89. The van der Waals surface area contributed by atoms with Gasteiger partial charge in [-0.2, -0.15) is 0 Å². The molecule has 26 heavy (non-hydrogen) atoms. The summed E-state index contributed by atoms with van der Waals surface area (Å²) in [6, 6.07) is 14.8. The van der Waals surface area contributed by atoms with Crippen LogP contribution < -0.4 is 20.1 Å². The van der Waals surface area contributed by atoms with Gasteiger partial charge in [0.1, 0.15) is 29.0 Å². The molecule has 0 amide bonds. The van der Waals surface area contributed by atoms with Gasteiger partial charge in [0.25, 0.3) is 0 Å². The van der Waals surface area contributed by atoms with Crippen LogP contribution in [-0.4, -0.2) is 24.2 Å². The van der Waals surface area contributed by atoms with Crippen LogP contribution in [0.3, 0.4) is 0 Å². The maximum atomic E-state index is 6.20. The summed E-state index contributed by atoms with van der Waals surface area (Å²) in [5.74, 6) is 3.27. The predicted molar refractivity (Wildman–Crippen MR) is 104 cm³/mol. The molecule has 7 heteroatoms. The molecule has 134 valence electrons. The summed E-state index contributed by atoms with van der Waals surface area (Å²) in [4.78, 5) is 8.84. The third-order valence-corrected chi connectivity index (χ3v) is 3.98. The first kappa shape index (κ1) is 17.8. The number of benzene rings is 2. The molecule has 6 nitrogen and oxygen atoms in total. The van der Waals surface area contributed by atoms with Crippen molar-refractivity contribution in [1.29, 1.82) is 0 Å². The van der Waals surface area contributed by atoms with Crippen molar-refractivity contribution in [2.45, 2.75) is 6.92 Å². The van der Waals surface area contributed by atoms with Gasteiger partial charge in [0, 0.05) is 12.1 Å². The van der Waals surface area contributed by atoms with E-state index in [0.29, 0.717) is 34.0 Å². The lowest BCUT2D eigenvalue weighted by Crippen LogP contribution is -2.02. The number of rotatable bonds is 6. The Morgan fingerprint density at radius 3 is 2.19 bits per heavy atom. The molecule has 0 spiro atoms. The van der Waals surface area contributed by atoms with Gasteiger partial charge in [0.05, 0.1) is 30.6 Å². The number of aryl methyl sites for hydroxylation is 1. The predicted octanol–water partition coefficient (Wildman–Crippen LogP) is 4.94. The van der Waals surface area contributed by atoms with E-state index in [9.17, 15) is 0 Å². The number of halogens is 1. The van der Waals surface area contributed by atoms with Crippen LogP contribution >= 0.6 is 11.6 Å². The van der Waals surface area contributed by atoms with Crippen molar-refractivity contribution in [2.24, 2.45) is 0 Å². The quantitative estimate of drug-likeness (QED) is 0.640. The Labute approximate surface area is 157 Å². The van der Waals surface area contributed by atoms with E-state index < -0.39 is 0 Å². The molecule has 0 saturated carbocycles. The molecule has 2 aromatic carbocycles. The fourth-order valence-electron chi connectivity index (χ4n) is 2.44. The molecule has 0 bridgehead atoms. The van der Waals surface area contributed by atoms with Crippen molar-refractivity contribution in [3.63, 3.8) is 0 Å². The largest absolute Gasteiger partial charge is 0.497 e. The topological polar surface area (TPSA) is 68.3 Å². The number of para-hydroxylation sites is 1. The van der Waals surface area contributed by atoms with Crippen LogP contribution in [0.2, 0.25) is 5.02 Å². The Morgan fingerprint density at radius 1 is 0.846 bits per heavy atom. The fraction of sp³-hybridized carbons (Fsp3) is 0.158. The third kappa shape index (κ3) is 4.15. The molecule has 0 atom stereocenters. The number of nitrogens with zero attached hydrogens (tertiary/aromatic N) is 2. The molecule has 0 saturated heterocycles. The summed E-state index contributed by atoms with van der Waals surface area (Å²) in [5, 5.41) is 7.08. The maximum absolute atomic E-state index is 6.20. The Morgan fingerprint density at radius 2 is 1.54 bits per heavy atom. The number of aromatic nitrogens is 2. The lowest BCUT2D eigenvalue weighted by Gasteiger charge is -2.14. The Bertz CT molecular complexity index is 918. The monoisotopic (exact) mass is 370 g/mol. The van der Waals surface area contributed by atoms with Gasteiger partial charge in [0.2, 0.25) is 0 Å². The summed E-state index contributed by atoms with van der Waals surface area (Å²) in [7, 11) is 3.22. The second-order valence-electron chi connectivity index (χ2n) is 5.48. The van der Waals surface area contributed by atoms with E-state index in [1.54, 1.807) is 26.4 Å². The molecule has 0 fully saturated rings. The van der Waals surface area contributed by atoms with Crippen molar-refractivity contribution in [2.75, 3.05) is 24.9 Å². The van der Waals surface area contributed by atoms with Crippen molar-refractivity contribution in [3.05, 3.63) is 59.4 Å². The van der Waals surface area contributed by atoms with Crippen LogP contribution in [0, 0.1) is 6.92 Å². The first-order valence-electron chi connectivity index (χ1n) is 7.95. The van der Waals surface area contributed by atoms with Gasteiger partial charge < -0.3 is 20.1 Å². The molecule has 3 rings (SSSR count). The number of hydrogen-bond donors (Lipinski definition) is 2. The van der Waals surface area contributed by atoms with Gasteiger partial charge in [-0.05, 0) is 31.2 Å². The minimum absolute atomic E-state index is 0.620. The van der Waals surface area contributed by atoms with E-state index in [1.165, 1.54) is 0 Å². The number of nitrogens with one attached hydrogen (secondary N) is 2. The molecule has 0 radical (unpaired) electrons. The minimum atomic E-state index is 0.620. The highest BCUT2D eigenvalue weighted by Crippen LogP contribution is 2.32. The number of methoxy groups -OCH3 is 2. The molecule has 2 N–H and O–H groups in total. The van der Waals surface area contributed by atoms with Gasteiger partial charge >= 0.3 is 0 Å². The third-order valence-electron chi connectivity index (χ3n) is 3.65. The van der Waals surface area contributed by atoms with Crippen molar-refractivity contribution < 1.29 is 9.47 Å². The zero-order chi connectivity index (χ0) is 18.5. The number of ether oxygens (including phenoxy) is 2. The average molecular weight is 371 g/mol. The second kappa shape index (κ2) is 7.93. The molecule has 3 aromatic rings. The molecular formula is C19H19ClN4O2. The first-order valence-corrected chi connectivity index (χ1v) is 8.33. The van der Waals surface area contributed by atoms with E-state index >= 15 is 0 Å². The van der Waals surface area contributed by atoms with Crippen LogP contribution in [0.4, 0.5) is 23.0 Å². The van der Waals surface area contributed by atoms with Crippen molar-refractivity contribution in [3.8, 4) is 11.5 Å². The summed E-state index contributed by atoms with van der Waals surface area (Å²) < 4.78 is 10.6. The zero-order valence-electron chi connectivity index (χ0n) is 14.7. The standard InChI is InChI=1S/C19H19ClN4O2/c1-12-21-18(23-15-7-5-4-6-14(15)20)11-19(22-12)24-16-9-8-13(25-2)10-17(16)26-3/h4-11H,1-3H3,(H2,21,22,23,24). The normalized spacial score (nSPS) is 10.3. The van der Waals surface area contributed by atoms with E-state index in [-0.39, 0.29) is 0 Å². The van der Waals surface area contributed by atoms with Gasteiger partial charge in [-0.15, -0.1) is 0 Å². The molecule has 1 aromatic heterocycles. The van der Waals surface area contributed by atoms with Crippen LogP contribution in [0.5, 0.6) is 11.5 Å². The molecule has 0 aliphatic heterocycles. The van der Waals surface area contributed by atoms with Crippen LogP contribution in [0.15, 0.2) is 48.5 Å². The Hall–Kier alpha value is -2.99. The molecule has 0 aliphatic carbocycles. The summed E-state index contributed by atoms with van der Waals surface area (Å²) in [6.45, 7) is 1.83. The molecule has 1 heterocycles. The lowest BCUT2D eigenvalue weighted by molar-refractivity contribution is 0.395. The zero-order valence-corrected chi connectivity index (χ0v) is 15.5. The average Bonchev–Trinajstić information content (AvgIpc) is 2.63. The van der Waals surface area contributed by atoms with Crippen LogP contribution in [0.25, 0.3) is 0 Å². The lowest BCUT2D eigenvalue weighted by atomic mass is 10.2. The summed E-state index contributed by atoms with van der Waals surface area (Å²) in [6.07, 6.45) is 0. The van der Waals surface area contributed by atoms with E-state index in [4.69, 9.17) is 21.1 Å². The first-order chi connectivity index (χ1) is 12.6. The van der Waals surface area contributed by atoms with Gasteiger partial charge in [-0.1, -0.05) is 23.7 Å². The summed E-state index contributed by atoms with van der Waals surface area (Å²) in [5.41, 5.74) is 1.55. The number of anilines is 4. The van der Waals surface area contributed by atoms with Gasteiger partial charge in [-0.3, -0.25) is 0 Å². The van der Waals surface area contributed by atoms with E-state index in [1.807, 2.05) is 43.3 Å². The molecular weight excluding hydrogens is 352 g/mol. The van der Waals surface area contributed by atoms with Crippen molar-refractivity contribution in [1.82, 2.24) is 9.97 Å². The van der Waals surface area contributed by atoms with Crippen LogP contribution in [0.1, 0.15) is 5.82 Å². The van der Waals surface area contributed by atoms with Crippen molar-refractivity contribution >= 4 is 34.6 Å². The van der Waals surface area contributed by atoms with E-state index in [2.05, 4.69) is 20.6 Å². The highest BCUT2D eigenvalue weighted by molar-refractivity contribution is 6.33. The van der Waals surface area contributed by atoms with Gasteiger partial charge in [0.15, 0.2) is 0 Å².